The van der Waals surface area contributed by atoms with Gasteiger partial charge in [0.15, 0.2) is 0 Å². The van der Waals surface area contributed by atoms with Gasteiger partial charge in [0.1, 0.15) is 5.82 Å². The van der Waals surface area contributed by atoms with Gasteiger partial charge in [0.05, 0.1) is 0 Å². The zero-order valence-electron chi connectivity index (χ0n) is 11.3. The Morgan fingerprint density at radius 3 is 2.67 bits per heavy atom. The molecule has 0 aromatic heterocycles. The van der Waals surface area contributed by atoms with Crippen molar-refractivity contribution in [3.05, 3.63) is 35.6 Å². The van der Waals surface area contributed by atoms with Crippen molar-refractivity contribution in [3.63, 3.8) is 0 Å². The summed E-state index contributed by atoms with van der Waals surface area (Å²) in [5.74, 6) is -0.104. The van der Waals surface area contributed by atoms with E-state index in [2.05, 4.69) is 18.3 Å². The van der Waals surface area contributed by atoms with Crippen molar-refractivity contribution in [1.29, 1.82) is 0 Å². The molecule has 0 saturated heterocycles. The van der Waals surface area contributed by atoms with E-state index in [9.17, 15) is 4.39 Å². The van der Waals surface area contributed by atoms with E-state index in [0.29, 0.717) is 0 Å². The van der Waals surface area contributed by atoms with Gasteiger partial charge in [0, 0.05) is 12.0 Å². The first kappa shape index (κ1) is 13.5. The minimum atomic E-state index is -0.104. The third-order valence-corrected chi connectivity index (χ3v) is 4.14. The summed E-state index contributed by atoms with van der Waals surface area (Å²) in [7, 11) is 0. The smallest absolute Gasteiger partial charge is 0.123 e. The van der Waals surface area contributed by atoms with Gasteiger partial charge >= 0.3 is 0 Å². The van der Waals surface area contributed by atoms with Gasteiger partial charge in [-0.05, 0) is 43.5 Å². The van der Waals surface area contributed by atoms with Crippen LogP contribution in [0.25, 0.3) is 0 Å². The Bertz CT molecular complexity index is 369. The first-order chi connectivity index (χ1) is 8.77. The lowest BCUT2D eigenvalue weighted by Crippen LogP contribution is -2.40. The fourth-order valence-corrected chi connectivity index (χ4v) is 3.12. The molecular formula is C16H24FN. The van der Waals surface area contributed by atoms with Crippen LogP contribution in [-0.2, 0) is 5.41 Å². The highest BCUT2D eigenvalue weighted by molar-refractivity contribution is 5.27. The zero-order chi connectivity index (χ0) is 12.8. The van der Waals surface area contributed by atoms with Gasteiger partial charge in [-0.25, -0.2) is 4.39 Å². The van der Waals surface area contributed by atoms with Crippen LogP contribution in [0.4, 0.5) is 4.39 Å². The lowest BCUT2D eigenvalue weighted by Gasteiger charge is -2.38. The fraction of sp³-hybridized carbons (Fsp3) is 0.625. The van der Waals surface area contributed by atoms with E-state index in [1.54, 1.807) is 12.1 Å². The number of halogens is 1. The maximum atomic E-state index is 13.5. The van der Waals surface area contributed by atoms with Crippen LogP contribution in [0.3, 0.4) is 0 Å². The molecule has 2 heteroatoms. The molecule has 0 spiro atoms. The summed E-state index contributed by atoms with van der Waals surface area (Å²) in [6.07, 6.45) is 7.39. The highest BCUT2D eigenvalue weighted by Crippen LogP contribution is 2.39. The Kier molecular flexibility index (Phi) is 4.76. The molecule has 1 aromatic carbocycles. The number of hydrogen-bond donors (Lipinski definition) is 1. The molecule has 1 aromatic rings. The van der Waals surface area contributed by atoms with Crippen molar-refractivity contribution in [3.8, 4) is 0 Å². The van der Waals surface area contributed by atoms with Gasteiger partial charge in [-0.15, -0.1) is 0 Å². The van der Waals surface area contributed by atoms with Gasteiger partial charge in [0.25, 0.3) is 0 Å². The molecule has 1 aliphatic carbocycles. The first-order valence-corrected chi connectivity index (χ1v) is 7.24. The zero-order valence-corrected chi connectivity index (χ0v) is 11.3. The monoisotopic (exact) mass is 249 g/mol. The van der Waals surface area contributed by atoms with Crippen molar-refractivity contribution in [1.82, 2.24) is 5.32 Å². The van der Waals surface area contributed by atoms with Gasteiger partial charge in [-0.1, -0.05) is 38.3 Å². The molecule has 2 rings (SSSR count). The van der Waals surface area contributed by atoms with Crippen molar-refractivity contribution in [2.45, 2.75) is 50.9 Å². The van der Waals surface area contributed by atoms with E-state index < -0.39 is 0 Å². The molecule has 0 bridgehead atoms. The summed E-state index contributed by atoms with van der Waals surface area (Å²) in [5.41, 5.74) is 1.35. The minimum absolute atomic E-state index is 0.104. The summed E-state index contributed by atoms with van der Waals surface area (Å²) in [6, 6.07) is 7.22. The summed E-state index contributed by atoms with van der Waals surface area (Å²) in [5, 5.41) is 3.54. The second kappa shape index (κ2) is 6.33. The van der Waals surface area contributed by atoms with Crippen LogP contribution in [-0.4, -0.2) is 13.1 Å². The number of benzene rings is 1. The molecule has 0 unspecified atom stereocenters. The molecule has 0 radical (unpaired) electrons. The first-order valence-electron chi connectivity index (χ1n) is 7.24. The van der Waals surface area contributed by atoms with Gasteiger partial charge in [-0.2, -0.15) is 0 Å². The van der Waals surface area contributed by atoms with Crippen molar-refractivity contribution < 1.29 is 4.39 Å². The Hall–Kier alpha value is -0.890. The van der Waals surface area contributed by atoms with Crippen LogP contribution < -0.4 is 5.32 Å². The van der Waals surface area contributed by atoms with Crippen LogP contribution in [0.15, 0.2) is 24.3 Å². The van der Waals surface area contributed by atoms with Crippen molar-refractivity contribution in [2.24, 2.45) is 0 Å². The quantitative estimate of drug-likeness (QED) is 0.777. The second-order valence-electron chi connectivity index (χ2n) is 5.53. The molecule has 1 aliphatic rings. The molecule has 0 aliphatic heterocycles. The third kappa shape index (κ3) is 3.11. The van der Waals surface area contributed by atoms with Gasteiger partial charge in [0.2, 0.25) is 0 Å². The molecule has 0 atom stereocenters. The van der Waals surface area contributed by atoms with Crippen LogP contribution >= 0.6 is 0 Å². The fourth-order valence-electron chi connectivity index (χ4n) is 3.12. The maximum Gasteiger partial charge on any atom is 0.123 e. The standard InChI is InChI=1S/C16H24FN/c1-2-11-18-13-16(9-4-3-5-10-16)14-7-6-8-15(17)12-14/h6-8,12,18H,2-5,9-11,13H2,1H3. The maximum absolute atomic E-state index is 13.5. The lowest BCUT2D eigenvalue weighted by atomic mass is 9.69. The summed E-state index contributed by atoms with van der Waals surface area (Å²) < 4.78 is 13.5. The van der Waals surface area contributed by atoms with E-state index in [1.165, 1.54) is 37.7 Å². The van der Waals surface area contributed by atoms with Gasteiger partial charge in [-0.3, -0.25) is 0 Å². The van der Waals surface area contributed by atoms with Crippen molar-refractivity contribution >= 4 is 0 Å². The molecule has 1 N–H and O–H groups in total. The van der Waals surface area contributed by atoms with Crippen molar-refractivity contribution in [2.75, 3.05) is 13.1 Å². The minimum Gasteiger partial charge on any atom is -0.316 e. The highest BCUT2D eigenvalue weighted by Gasteiger charge is 2.33. The lowest BCUT2D eigenvalue weighted by molar-refractivity contribution is 0.279. The largest absolute Gasteiger partial charge is 0.316 e. The molecule has 18 heavy (non-hydrogen) atoms. The average Bonchev–Trinajstić information content (AvgIpc) is 2.40. The predicted molar refractivity (Wildman–Crippen MR) is 74.3 cm³/mol. The highest BCUT2D eigenvalue weighted by atomic mass is 19.1. The molecule has 0 heterocycles. The molecule has 100 valence electrons. The summed E-state index contributed by atoms with van der Waals surface area (Å²) >= 11 is 0. The van der Waals surface area contributed by atoms with E-state index in [4.69, 9.17) is 0 Å². The van der Waals surface area contributed by atoms with E-state index >= 15 is 0 Å². The number of hydrogen-bond acceptors (Lipinski definition) is 1. The summed E-state index contributed by atoms with van der Waals surface area (Å²) in [6.45, 7) is 4.23. The topological polar surface area (TPSA) is 12.0 Å². The second-order valence-corrected chi connectivity index (χ2v) is 5.53. The Labute approximate surface area is 110 Å². The molecule has 1 nitrogen and oxygen atoms in total. The molecule has 1 fully saturated rings. The molecule has 0 amide bonds. The van der Waals surface area contributed by atoms with Crippen LogP contribution in [0.5, 0.6) is 0 Å². The Balaban J connectivity index is 2.17. The Morgan fingerprint density at radius 2 is 2.00 bits per heavy atom. The van der Waals surface area contributed by atoms with E-state index in [0.717, 1.165) is 19.5 Å². The van der Waals surface area contributed by atoms with Crippen LogP contribution in [0.2, 0.25) is 0 Å². The predicted octanol–water partition coefficient (Wildman–Crippen LogP) is 4.03. The average molecular weight is 249 g/mol. The van der Waals surface area contributed by atoms with E-state index in [-0.39, 0.29) is 11.2 Å². The SMILES string of the molecule is CCCNCC1(c2cccc(F)c2)CCCCC1. The number of nitrogens with one attached hydrogen (secondary N) is 1. The van der Waals surface area contributed by atoms with Crippen LogP contribution in [0, 0.1) is 5.82 Å². The third-order valence-electron chi connectivity index (χ3n) is 4.14. The molecular weight excluding hydrogens is 225 g/mol. The normalized spacial score (nSPS) is 18.8. The van der Waals surface area contributed by atoms with Crippen LogP contribution in [0.1, 0.15) is 51.0 Å². The number of rotatable bonds is 5. The van der Waals surface area contributed by atoms with Gasteiger partial charge < -0.3 is 5.32 Å². The summed E-state index contributed by atoms with van der Waals surface area (Å²) in [4.78, 5) is 0. The van der Waals surface area contributed by atoms with E-state index in [1.807, 2.05) is 6.07 Å². The molecule has 1 saturated carbocycles. The Morgan fingerprint density at radius 1 is 1.22 bits per heavy atom.